The number of nitrogens with two attached hydrogens (primary N) is 1. The molecule has 0 aromatic heterocycles. The van der Waals surface area contributed by atoms with E-state index < -0.39 is 0 Å². The molecule has 0 aliphatic rings. The van der Waals surface area contributed by atoms with Crippen LogP contribution in [0.1, 0.15) is 37.0 Å². The highest BCUT2D eigenvalue weighted by Gasteiger charge is 2.04. The lowest BCUT2D eigenvalue weighted by molar-refractivity contribution is 0.101. The quantitative estimate of drug-likeness (QED) is 0.401. The molecule has 0 radical (unpaired) electrons. The molecular formula is C13H20N2O2. The molecule has 94 valence electrons. The number of nitrogen functional groups attached to an aromatic ring is 1. The van der Waals surface area contributed by atoms with Gasteiger partial charge in [-0.2, -0.15) is 0 Å². The Hall–Kier alpha value is -1.55. The maximum atomic E-state index is 11.2. The van der Waals surface area contributed by atoms with E-state index in [2.05, 4.69) is 5.32 Å². The van der Waals surface area contributed by atoms with Crippen LogP contribution < -0.4 is 11.1 Å². The van der Waals surface area contributed by atoms with E-state index in [1.54, 1.807) is 19.1 Å². The minimum absolute atomic E-state index is 0.0249. The van der Waals surface area contributed by atoms with E-state index >= 15 is 0 Å². The normalized spacial score (nSPS) is 12.2. The number of carbonyl (C=O) groups is 1. The summed E-state index contributed by atoms with van der Waals surface area (Å²) in [5, 5.41) is 12.3. The Morgan fingerprint density at radius 1 is 1.53 bits per heavy atom. The fraction of sp³-hybridized carbons (Fsp3) is 0.462. The molecule has 17 heavy (non-hydrogen) atoms. The maximum absolute atomic E-state index is 11.2. The minimum Gasteiger partial charge on any atom is -0.398 e. The number of aliphatic hydroxyl groups is 1. The standard InChI is InChI=1S/C13H20N2O2/c1-9(16)4-3-7-15-11-5-6-12(10(2)17)13(14)8-11/h5-6,8-9,15-16H,3-4,7,14H2,1-2H3. The number of benzene rings is 1. The predicted octanol–water partition coefficient (Wildman–Crippen LogP) is 2.04. The van der Waals surface area contributed by atoms with Crippen molar-refractivity contribution in [2.24, 2.45) is 0 Å². The third-order valence-corrected chi connectivity index (χ3v) is 2.56. The van der Waals surface area contributed by atoms with E-state index in [9.17, 15) is 4.79 Å². The number of rotatable bonds is 6. The van der Waals surface area contributed by atoms with Crippen molar-refractivity contribution in [3.63, 3.8) is 0 Å². The number of Topliss-reactive ketones (excluding diaryl/α,β-unsaturated/α-hetero) is 1. The molecule has 1 unspecified atom stereocenters. The lowest BCUT2D eigenvalue weighted by Gasteiger charge is -2.09. The Labute approximate surface area is 102 Å². The van der Waals surface area contributed by atoms with E-state index in [4.69, 9.17) is 10.8 Å². The van der Waals surface area contributed by atoms with Crippen molar-refractivity contribution in [3.05, 3.63) is 23.8 Å². The van der Waals surface area contributed by atoms with Crippen LogP contribution in [0.25, 0.3) is 0 Å². The molecule has 1 aromatic carbocycles. The van der Waals surface area contributed by atoms with Gasteiger partial charge in [-0.25, -0.2) is 0 Å². The fourth-order valence-corrected chi connectivity index (χ4v) is 1.62. The van der Waals surface area contributed by atoms with Crippen molar-refractivity contribution in [1.82, 2.24) is 0 Å². The Bertz CT molecular complexity index is 389. The van der Waals surface area contributed by atoms with Crippen molar-refractivity contribution in [1.29, 1.82) is 0 Å². The second kappa shape index (κ2) is 6.25. The van der Waals surface area contributed by atoms with Crippen LogP contribution in [0.5, 0.6) is 0 Å². The first-order chi connectivity index (χ1) is 8.00. The van der Waals surface area contributed by atoms with Crippen LogP contribution in [0.3, 0.4) is 0 Å². The van der Waals surface area contributed by atoms with E-state index in [1.165, 1.54) is 6.92 Å². The third kappa shape index (κ3) is 4.44. The van der Waals surface area contributed by atoms with Crippen LogP contribution in [0.2, 0.25) is 0 Å². The highest BCUT2D eigenvalue weighted by molar-refractivity contribution is 5.99. The highest BCUT2D eigenvalue weighted by Crippen LogP contribution is 2.18. The van der Waals surface area contributed by atoms with Crippen molar-refractivity contribution in [2.45, 2.75) is 32.8 Å². The minimum atomic E-state index is -0.262. The van der Waals surface area contributed by atoms with Gasteiger partial charge in [-0.05, 0) is 44.9 Å². The summed E-state index contributed by atoms with van der Waals surface area (Å²) in [4.78, 5) is 11.2. The lowest BCUT2D eigenvalue weighted by Crippen LogP contribution is -2.07. The van der Waals surface area contributed by atoms with Crippen molar-refractivity contribution in [3.8, 4) is 0 Å². The monoisotopic (exact) mass is 236 g/mol. The van der Waals surface area contributed by atoms with Crippen molar-refractivity contribution < 1.29 is 9.90 Å². The van der Waals surface area contributed by atoms with Crippen LogP contribution in [0, 0.1) is 0 Å². The molecule has 1 atom stereocenters. The number of ketones is 1. The zero-order valence-corrected chi connectivity index (χ0v) is 10.4. The number of aliphatic hydroxyl groups excluding tert-OH is 1. The zero-order chi connectivity index (χ0) is 12.8. The van der Waals surface area contributed by atoms with Crippen LogP contribution in [-0.2, 0) is 0 Å². The molecule has 0 aliphatic heterocycles. The molecule has 4 N–H and O–H groups in total. The van der Waals surface area contributed by atoms with E-state index in [0.717, 1.165) is 25.1 Å². The third-order valence-electron chi connectivity index (χ3n) is 2.56. The van der Waals surface area contributed by atoms with Gasteiger partial charge in [0.1, 0.15) is 0 Å². The highest BCUT2D eigenvalue weighted by atomic mass is 16.3. The van der Waals surface area contributed by atoms with Gasteiger partial charge in [0.05, 0.1) is 6.10 Å². The number of nitrogens with one attached hydrogen (secondary N) is 1. The molecule has 1 aromatic rings. The van der Waals surface area contributed by atoms with Gasteiger partial charge in [-0.3, -0.25) is 4.79 Å². The van der Waals surface area contributed by atoms with Gasteiger partial charge < -0.3 is 16.2 Å². The molecule has 4 nitrogen and oxygen atoms in total. The first-order valence-corrected chi connectivity index (χ1v) is 5.83. The second-order valence-corrected chi connectivity index (χ2v) is 4.28. The van der Waals surface area contributed by atoms with Gasteiger partial charge in [0.15, 0.2) is 5.78 Å². The summed E-state index contributed by atoms with van der Waals surface area (Å²) in [5.74, 6) is -0.0249. The fourth-order valence-electron chi connectivity index (χ4n) is 1.62. The van der Waals surface area contributed by atoms with Gasteiger partial charge >= 0.3 is 0 Å². The molecule has 0 spiro atoms. The van der Waals surface area contributed by atoms with Gasteiger partial charge in [0.25, 0.3) is 0 Å². The molecule has 0 amide bonds. The predicted molar refractivity (Wildman–Crippen MR) is 70.3 cm³/mol. The molecule has 0 saturated heterocycles. The van der Waals surface area contributed by atoms with Gasteiger partial charge in [0.2, 0.25) is 0 Å². The first kappa shape index (κ1) is 13.5. The average molecular weight is 236 g/mol. The van der Waals surface area contributed by atoms with Crippen molar-refractivity contribution in [2.75, 3.05) is 17.6 Å². The molecule has 1 rings (SSSR count). The van der Waals surface area contributed by atoms with Crippen LogP contribution in [-0.4, -0.2) is 23.5 Å². The van der Waals surface area contributed by atoms with Gasteiger partial charge in [0, 0.05) is 23.5 Å². The second-order valence-electron chi connectivity index (χ2n) is 4.28. The summed E-state index contributed by atoms with van der Waals surface area (Å²) in [6, 6.07) is 5.34. The Balaban J connectivity index is 2.50. The van der Waals surface area contributed by atoms with E-state index in [-0.39, 0.29) is 11.9 Å². The Morgan fingerprint density at radius 3 is 2.76 bits per heavy atom. The number of hydrogen-bond donors (Lipinski definition) is 3. The topological polar surface area (TPSA) is 75.3 Å². The van der Waals surface area contributed by atoms with Crippen LogP contribution in [0.15, 0.2) is 18.2 Å². The summed E-state index contributed by atoms with van der Waals surface area (Å²) < 4.78 is 0. The summed E-state index contributed by atoms with van der Waals surface area (Å²) >= 11 is 0. The first-order valence-electron chi connectivity index (χ1n) is 5.83. The molecule has 0 saturated carbocycles. The Kier molecular flexibility index (Phi) is 4.97. The van der Waals surface area contributed by atoms with Crippen LogP contribution >= 0.6 is 0 Å². The summed E-state index contributed by atoms with van der Waals surface area (Å²) in [6.07, 6.45) is 1.40. The summed E-state index contributed by atoms with van der Waals surface area (Å²) in [6.45, 7) is 4.06. The molecular weight excluding hydrogens is 216 g/mol. The number of anilines is 2. The largest absolute Gasteiger partial charge is 0.398 e. The molecule has 0 fully saturated rings. The molecule has 0 heterocycles. The molecule has 0 bridgehead atoms. The molecule has 0 aliphatic carbocycles. The smallest absolute Gasteiger partial charge is 0.161 e. The average Bonchev–Trinajstić information content (AvgIpc) is 2.23. The summed E-state index contributed by atoms with van der Waals surface area (Å²) in [7, 11) is 0. The zero-order valence-electron chi connectivity index (χ0n) is 10.4. The SMILES string of the molecule is CC(=O)c1ccc(NCCCC(C)O)cc1N. The van der Waals surface area contributed by atoms with Gasteiger partial charge in [-0.1, -0.05) is 0 Å². The number of hydrogen-bond acceptors (Lipinski definition) is 4. The number of carbonyl (C=O) groups excluding carboxylic acids is 1. The Morgan fingerprint density at radius 2 is 2.24 bits per heavy atom. The van der Waals surface area contributed by atoms with Gasteiger partial charge in [-0.15, -0.1) is 0 Å². The lowest BCUT2D eigenvalue weighted by atomic mass is 10.1. The van der Waals surface area contributed by atoms with E-state index in [0.29, 0.717) is 11.3 Å². The summed E-state index contributed by atoms with van der Waals surface area (Å²) in [5.41, 5.74) is 7.73. The van der Waals surface area contributed by atoms with Crippen molar-refractivity contribution >= 4 is 17.2 Å². The van der Waals surface area contributed by atoms with E-state index in [1.807, 2.05) is 6.07 Å². The molecule has 4 heteroatoms. The van der Waals surface area contributed by atoms with Crippen LogP contribution in [0.4, 0.5) is 11.4 Å². The maximum Gasteiger partial charge on any atom is 0.161 e.